The second-order valence-electron chi connectivity index (χ2n) is 7.65. The van der Waals surface area contributed by atoms with Gasteiger partial charge in [-0.1, -0.05) is 60.1 Å². The maximum absolute atomic E-state index is 4.59. The molecule has 0 atom stereocenters. The second kappa shape index (κ2) is 8.04. The van der Waals surface area contributed by atoms with Gasteiger partial charge in [0.15, 0.2) is 0 Å². The van der Waals surface area contributed by atoms with E-state index in [9.17, 15) is 0 Å². The molecule has 2 aromatic carbocycles. The molecule has 152 valence electrons. The Balaban J connectivity index is 1.22. The highest BCUT2D eigenvalue weighted by molar-refractivity contribution is 6.03. The molecule has 0 fully saturated rings. The normalized spacial score (nSPS) is 10.7. The predicted octanol–water partition coefficient (Wildman–Crippen LogP) is 5.67. The highest BCUT2D eigenvalue weighted by Gasteiger charge is 2.04. The molecule has 4 heterocycles. The van der Waals surface area contributed by atoms with Gasteiger partial charge in [-0.2, -0.15) is 0 Å². The number of hydrogen-bond acceptors (Lipinski definition) is 4. The lowest BCUT2D eigenvalue weighted by Crippen LogP contribution is -1.86. The Morgan fingerprint density at radius 1 is 0.515 bits per heavy atom. The van der Waals surface area contributed by atoms with Crippen molar-refractivity contribution in [3.05, 3.63) is 96.6 Å². The van der Waals surface area contributed by atoms with E-state index in [0.29, 0.717) is 6.42 Å². The zero-order valence-electron chi connectivity index (χ0n) is 17.6. The van der Waals surface area contributed by atoms with E-state index in [4.69, 9.17) is 0 Å². The van der Waals surface area contributed by atoms with Crippen molar-refractivity contribution in [3.8, 4) is 23.7 Å². The highest BCUT2D eigenvalue weighted by Crippen LogP contribution is 2.23. The Labute approximate surface area is 190 Å². The van der Waals surface area contributed by atoms with Crippen LogP contribution in [-0.2, 0) is 0 Å². The van der Waals surface area contributed by atoms with Gasteiger partial charge in [-0.25, -0.2) is 0 Å². The van der Waals surface area contributed by atoms with Gasteiger partial charge in [-0.15, -0.1) is 0 Å². The summed E-state index contributed by atoms with van der Waals surface area (Å²) in [6, 6.07) is 20.3. The zero-order chi connectivity index (χ0) is 22.0. The Kier molecular flexibility index (Phi) is 4.61. The van der Waals surface area contributed by atoms with E-state index in [-0.39, 0.29) is 0 Å². The molecule has 0 radical (unpaired) electrons. The maximum atomic E-state index is 4.59. The van der Waals surface area contributed by atoms with Gasteiger partial charge in [-0.3, -0.25) is 19.9 Å². The number of hydrogen-bond donors (Lipinski definition) is 0. The van der Waals surface area contributed by atoms with Gasteiger partial charge in [0.25, 0.3) is 0 Å². The molecule has 0 N–H and O–H groups in total. The Hall–Kier alpha value is -4.80. The Morgan fingerprint density at radius 3 is 1.48 bits per heavy atom. The van der Waals surface area contributed by atoms with Crippen molar-refractivity contribution in [3.63, 3.8) is 0 Å². The molecule has 0 aliphatic rings. The molecule has 4 aromatic heterocycles. The number of aromatic nitrogens is 4. The van der Waals surface area contributed by atoms with Gasteiger partial charge in [-0.05, 0) is 24.3 Å². The standard InChI is InChI=1S/C29H16N4/c1(2-6-20-16-24-12-10-22-8-4-14-30-26(22)28(24)32-18-20)3-7-21-17-25-13-11-23-9-5-15-31-27(23)29(25)33-19-21/h4-5,8-19H,1H2. The fraction of sp³-hybridized carbons (Fsp3) is 0.0345. The fourth-order valence-electron chi connectivity index (χ4n) is 3.95. The van der Waals surface area contributed by atoms with Crippen LogP contribution in [0.5, 0.6) is 0 Å². The molecule has 0 aliphatic heterocycles. The summed E-state index contributed by atoms with van der Waals surface area (Å²) in [4.78, 5) is 18.1. The summed E-state index contributed by atoms with van der Waals surface area (Å²) in [5.74, 6) is 12.6. The van der Waals surface area contributed by atoms with Crippen LogP contribution in [0.2, 0.25) is 0 Å². The lowest BCUT2D eigenvalue weighted by molar-refractivity contribution is 1.36. The fourth-order valence-corrected chi connectivity index (χ4v) is 3.95. The molecule has 0 unspecified atom stereocenters. The summed E-state index contributed by atoms with van der Waals surface area (Å²) in [6.07, 6.45) is 7.64. The van der Waals surface area contributed by atoms with Crippen molar-refractivity contribution < 1.29 is 0 Å². The van der Waals surface area contributed by atoms with Crippen molar-refractivity contribution in [2.24, 2.45) is 0 Å². The van der Waals surface area contributed by atoms with Crippen LogP contribution < -0.4 is 0 Å². The van der Waals surface area contributed by atoms with Gasteiger partial charge >= 0.3 is 0 Å². The minimum atomic E-state index is 0.467. The zero-order valence-corrected chi connectivity index (χ0v) is 17.6. The molecule has 0 spiro atoms. The summed E-state index contributed by atoms with van der Waals surface area (Å²) >= 11 is 0. The van der Waals surface area contributed by atoms with Crippen molar-refractivity contribution in [1.82, 2.24) is 19.9 Å². The van der Waals surface area contributed by atoms with Crippen LogP contribution in [0.25, 0.3) is 43.6 Å². The van der Waals surface area contributed by atoms with Gasteiger partial charge in [0.1, 0.15) is 0 Å². The van der Waals surface area contributed by atoms with Gasteiger partial charge in [0.2, 0.25) is 0 Å². The summed E-state index contributed by atoms with van der Waals surface area (Å²) in [7, 11) is 0. The average molecular weight is 420 g/mol. The molecule has 0 amide bonds. The second-order valence-corrected chi connectivity index (χ2v) is 7.65. The number of fused-ring (bicyclic) bond motifs is 6. The van der Waals surface area contributed by atoms with E-state index in [2.05, 4.69) is 67.9 Å². The number of nitrogens with zero attached hydrogens (tertiary/aromatic N) is 4. The molecule has 6 rings (SSSR count). The lowest BCUT2D eigenvalue weighted by atomic mass is 10.1. The van der Waals surface area contributed by atoms with Gasteiger partial charge in [0, 0.05) is 57.5 Å². The Bertz CT molecular complexity index is 1680. The van der Waals surface area contributed by atoms with Crippen molar-refractivity contribution in [2.45, 2.75) is 6.42 Å². The SMILES string of the molecule is C(#Cc1cnc2c(ccc3cccnc32)c1)CC#Cc1cnc2c(ccc3cccnc32)c1. The largest absolute Gasteiger partial charge is 0.254 e. The monoisotopic (exact) mass is 420 g/mol. The molecule has 6 aromatic rings. The third-order valence-electron chi connectivity index (χ3n) is 5.49. The molecule has 0 aliphatic carbocycles. The van der Waals surface area contributed by atoms with Crippen LogP contribution in [0.15, 0.2) is 85.5 Å². The maximum Gasteiger partial charge on any atom is 0.0965 e. The van der Waals surface area contributed by atoms with Crippen LogP contribution in [0.3, 0.4) is 0 Å². The third-order valence-corrected chi connectivity index (χ3v) is 5.49. The van der Waals surface area contributed by atoms with Crippen molar-refractivity contribution in [1.29, 1.82) is 0 Å². The summed E-state index contributed by atoms with van der Waals surface area (Å²) in [6.45, 7) is 0. The van der Waals surface area contributed by atoms with E-state index < -0.39 is 0 Å². The Morgan fingerprint density at radius 2 is 0.970 bits per heavy atom. The molecule has 0 saturated carbocycles. The van der Waals surface area contributed by atoms with E-state index >= 15 is 0 Å². The van der Waals surface area contributed by atoms with E-state index in [1.54, 1.807) is 24.8 Å². The summed E-state index contributed by atoms with van der Waals surface area (Å²) in [5, 5.41) is 4.23. The first-order valence-corrected chi connectivity index (χ1v) is 10.6. The van der Waals surface area contributed by atoms with Crippen LogP contribution >= 0.6 is 0 Å². The first kappa shape index (κ1) is 18.9. The van der Waals surface area contributed by atoms with Crippen molar-refractivity contribution >= 4 is 43.6 Å². The van der Waals surface area contributed by atoms with Gasteiger partial charge < -0.3 is 0 Å². The van der Waals surface area contributed by atoms with Crippen LogP contribution in [0.1, 0.15) is 17.5 Å². The topological polar surface area (TPSA) is 51.6 Å². The summed E-state index contributed by atoms with van der Waals surface area (Å²) < 4.78 is 0. The van der Waals surface area contributed by atoms with Crippen LogP contribution in [0, 0.1) is 23.7 Å². The number of pyridine rings is 4. The summed E-state index contributed by atoms with van der Waals surface area (Å²) in [5.41, 5.74) is 5.34. The van der Waals surface area contributed by atoms with E-state index in [1.807, 2.05) is 36.4 Å². The molecule has 0 saturated heterocycles. The first-order valence-electron chi connectivity index (χ1n) is 10.6. The number of benzene rings is 2. The van der Waals surface area contributed by atoms with E-state index in [1.165, 1.54) is 0 Å². The number of rotatable bonds is 0. The minimum absolute atomic E-state index is 0.467. The third kappa shape index (κ3) is 3.61. The van der Waals surface area contributed by atoms with Crippen LogP contribution in [0.4, 0.5) is 0 Å². The van der Waals surface area contributed by atoms with Crippen molar-refractivity contribution in [2.75, 3.05) is 0 Å². The molecule has 4 nitrogen and oxygen atoms in total. The van der Waals surface area contributed by atoms with E-state index in [0.717, 1.165) is 54.7 Å². The smallest absolute Gasteiger partial charge is 0.0965 e. The lowest BCUT2D eigenvalue weighted by Gasteiger charge is -2.02. The predicted molar refractivity (Wildman–Crippen MR) is 132 cm³/mol. The highest BCUT2D eigenvalue weighted by atomic mass is 14.7. The minimum Gasteiger partial charge on any atom is -0.254 e. The molecule has 0 bridgehead atoms. The molecule has 4 heteroatoms. The average Bonchev–Trinajstić information content (AvgIpc) is 2.88. The molecular weight excluding hydrogens is 404 g/mol. The quantitative estimate of drug-likeness (QED) is 0.235. The molecule has 33 heavy (non-hydrogen) atoms. The molecular formula is C29H16N4. The van der Waals surface area contributed by atoms with Gasteiger partial charge in [0.05, 0.1) is 28.5 Å². The first-order chi connectivity index (χ1) is 16.3. The van der Waals surface area contributed by atoms with Crippen LogP contribution in [-0.4, -0.2) is 19.9 Å².